The van der Waals surface area contributed by atoms with Crippen molar-refractivity contribution in [3.63, 3.8) is 0 Å². The van der Waals surface area contributed by atoms with E-state index in [1.54, 1.807) is 4.90 Å². The first-order valence-electron chi connectivity index (χ1n) is 6.00. The van der Waals surface area contributed by atoms with Gasteiger partial charge in [-0.1, -0.05) is 18.2 Å². The van der Waals surface area contributed by atoms with E-state index in [1.807, 2.05) is 25.1 Å². The number of carbonyl (C=O) groups is 1. The molecule has 0 aliphatic carbocycles. The van der Waals surface area contributed by atoms with Crippen LogP contribution in [0.25, 0.3) is 0 Å². The van der Waals surface area contributed by atoms with Crippen molar-refractivity contribution in [2.24, 2.45) is 5.92 Å². The number of para-hydroxylation sites is 1. The van der Waals surface area contributed by atoms with Crippen molar-refractivity contribution in [3.8, 4) is 6.07 Å². The molecule has 1 aromatic rings. The molecule has 1 aliphatic heterocycles. The van der Waals surface area contributed by atoms with Crippen LogP contribution in [0.3, 0.4) is 0 Å². The van der Waals surface area contributed by atoms with Crippen molar-refractivity contribution in [2.45, 2.75) is 26.2 Å². The molecule has 1 aromatic carbocycles. The number of carbonyl (C=O) groups excluding carboxylic acids is 1. The van der Waals surface area contributed by atoms with Gasteiger partial charge in [0.25, 0.3) is 0 Å². The van der Waals surface area contributed by atoms with Crippen LogP contribution in [0.4, 0.5) is 5.69 Å². The van der Waals surface area contributed by atoms with Crippen molar-refractivity contribution < 1.29 is 4.79 Å². The first-order chi connectivity index (χ1) is 8.22. The van der Waals surface area contributed by atoms with Crippen LogP contribution >= 0.6 is 0 Å². The summed E-state index contributed by atoms with van der Waals surface area (Å²) >= 11 is 0. The molecule has 3 nitrogen and oxygen atoms in total. The fourth-order valence-corrected chi connectivity index (χ4v) is 2.20. The van der Waals surface area contributed by atoms with E-state index in [4.69, 9.17) is 5.26 Å². The van der Waals surface area contributed by atoms with Gasteiger partial charge in [-0.25, -0.2) is 0 Å². The topological polar surface area (TPSA) is 44.1 Å². The average Bonchev–Trinajstić information content (AvgIpc) is 2.50. The van der Waals surface area contributed by atoms with Crippen molar-refractivity contribution >= 4 is 11.6 Å². The number of nitrogens with zero attached hydrogens (tertiary/aromatic N) is 2. The van der Waals surface area contributed by atoms with Gasteiger partial charge in [0.2, 0.25) is 5.91 Å². The zero-order valence-electron chi connectivity index (χ0n) is 10.0. The van der Waals surface area contributed by atoms with Gasteiger partial charge in [0, 0.05) is 18.7 Å². The minimum Gasteiger partial charge on any atom is -0.311 e. The minimum atomic E-state index is -0.134. The molecule has 1 aliphatic rings. The summed E-state index contributed by atoms with van der Waals surface area (Å²) in [4.78, 5) is 13.8. The van der Waals surface area contributed by atoms with Gasteiger partial charge in [-0.3, -0.25) is 4.79 Å². The number of anilines is 1. The molecule has 1 atom stereocenters. The molecule has 3 heteroatoms. The fraction of sp³-hybridized carbons (Fsp3) is 0.429. The third kappa shape index (κ3) is 2.47. The van der Waals surface area contributed by atoms with Gasteiger partial charge < -0.3 is 4.90 Å². The van der Waals surface area contributed by atoms with E-state index in [0.29, 0.717) is 13.0 Å². The van der Waals surface area contributed by atoms with Gasteiger partial charge >= 0.3 is 0 Å². The predicted molar refractivity (Wildman–Crippen MR) is 66.5 cm³/mol. The van der Waals surface area contributed by atoms with Crippen LogP contribution in [0.5, 0.6) is 0 Å². The SMILES string of the molecule is CC(C#N)CN1C(=O)CCCc2ccccc21. The smallest absolute Gasteiger partial charge is 0.227 e. The van der Waals surface area contributed by atoms with E-state index in [2.05, 4.69) is 12.1 Å². The van der Waals surface area contributed by atoms with Gasteiger partial charge in [-0.15, -0.1) is 0 Å². The molecule has 0 aromatic heterocycles. The molecule has 0 saturated heterocycles. The lowest BCUT2D eigenvalue weighted by atomic mass is 10.1. The van der Waals surface area contributed by atoms with Gasteiger partial charge in [0.05, 0.1) is 12.0 Å². The number of fused-ring (bicyclic) bond motifs is 1. The lowest BCUT2D eigenvalue weighted by molar-refractivity contribution is -0.118. The number of amides is 1. The molecule has 88 valence electrons. The molecule has 1 heterocycles. The molecule has 0 fully saturated rings. The Morgan fingerprint density at radius 1 is 1.41 bits per heavy atom. The molecule has 0 N–H and O–H groups in total. The molecule has 0 bridgehead atoms. The maximum absolute atomic E-state index is 12.0. The highest BCUT2D eigenvalue weighted by Gasteiger charge is 2.23. The number of hydrogen-bond donors (Lipinski definition) is 0. The second kappa shape index (κ2) is 5.01. The molecule has 1 unspecified atom stereocenters. The summed E-state index contributed by atoms with van der Waals surface area (Å²) in [6.07, 6.45) is 2.42. The van der Waals surface area contributed by atoms with E-state index in [0.717, 1.165) is 18.5 Å². The predicted octanol–water partition coefficient (Wildman–Crippen LogP) is 2.52. The van der Waals surface area contributed by atoms with E-state index < -0.39 is 0 Å². The molecular weight excluding hydrogens is 212 g/mol. The monoisotopic (exact) mass is 228 g/mol. The normalized spacial score (nSPS) is 16.9. The molecule has 0 spiro atoms. The van der Waals surface area contributed by atoms with Crippen LogP contribution in [0.1, 0.15) is 25.3 Å². The maximum atomic E-state index is 12.0. The zero-order valence-corrected chi connectivity index (χ0v) is 10.0. The third-order valence-electron chi connectivity index (χ3n) is 3.10. The quantitative estimate of drug-likeness (QED) is 0.780. The Morgan fingerprint density at radius 2 is 2.18 bits per heavy atom. The second-order valence-electron chi connectivity index (χ2n) is 4.52. The highest BCUT2D eigenvalue weighted by Crippen LogP contribution is 2.27. The van der Waals surface area contributed by atoms with E-state index in [9.17, 15) is 4.79 Å². The number of aryl methyl sites for hydroxylation is 1. The van der Waals surface area contributed by atoms with Gasteiger partial charge in [0.15, 0.2) is 0 Å². The second-order valence-corrected chi connectivity index (χ2v) is 4.52. The zero-order chi connectivity index (χ0) is 12.3. The first kappa shape index (κ1) is 11.7. The fourth-order valence-electron chi connectivity index (χ4n) is 2.20. The summed E-state index contributed by atoms with van der Waals surface area (Å²) in [6, 6.07) is 10.2. The van der Waals surface area contributed by atoms with Crippen LogP contribution in [0.2, 0.25) is 0 Å². The van der Waals surface area contributed by atoms with Crippen LogP contribution in [-0.4, -0.2) is 12.5 Å². The van der Waals surface area contributed by atoms with E-state index in [-0.39, 0.29) is 11.8 Å². The number of hydrogen-bond acceptors (Lipinski definition) is 2. The molecule has 0 radical (unpaired) electrons. The standard InChI is InChI=1S/C14H16N2O/c1-11(9-15)10-16-13-7-3-2-5-12(13)6-4-8-14(16)17/h2-3,5,7,11H,4,6,8,10H2,1H3. The molecule has 17 heavy (non-hydrogen) atoms. The lowest BCUT2D eigenvalue weighted by Gasteiger charge is -2.23. The molecule has 0 saturated carbocycles. The summed E-state index contributed by atoms with van der Waals surface area (Å²) < 4.78 is 0. The van der Waals surface area contributed by atoms with Crippen LogP contribution < -0.4 is 4.90 Å². The molecule has 1 amide bonds. The highest BCUT2D eigenvalue weighted by atomic mass is 16.2. The Hall–Kier alpha value is -1.82. The highest BCUT2D eigenvalue weighted by molar-refractivity contribution is 5.94. The Balaban J connectivity index is 2.34. The van der Waals surface area contributed by atoms with Crippen molar-refractivity contribution in [1.82, 2.24) is 0 Å². The Kier molecular flexibility index (Phi) is 3.43. The maximum Gasteiger partial charge on any atom is 0.227 e. The summed E-state index contributed by atoms with van der Waals surface area (Å²) in [5.41, 5.74) is 2.19. The lowest BCUT2D eigenvalue weighted by Crippen LogP contribution is -2.33. The number of rotatable bonds is 2. The van der Waals surface area contributed by atoms with Crippen molar-refractivity contribution in [3.05, 3.63) is 29.8 Å². The summed E-state index contributed by atoms with van der Waals surface area (Å²) in [7, 11) is 0. The summed E-state index contributed by atoms with van der Waals surface area (Å²) in [5.74, 6) is 0.00200. The third-order valence-corrected chi connectivity index (χ3v) is 3.10. The first-order valence-corrected chi connectivity index (χ1v) is 6.00. The Labute approximate surface area is 102 Å². The average molecular weight is 228 g/mol. The van der Waals surface area contributed by atoms with Crippen LogP contribution in [-0.2, 0) is 11.2 Å². The minimum absolute atomic E-state index is 0.134. The van der Waals surface area contributed by atoms with Gasteiger partial charge in [-0.05, 0) is 31.4 Å². The Bertz CT molecular complexity index is 462. The van der Waals surface area contributed by atoms with Gasteiger partial charge in [-0.2, -0.15) is 5.26 Å². The summed E-state index contributed by atoms with van der Waals surface area (Å²) in [5, 5.41) is 8.88. The largest absolute Gasteiger partial charge is 0.311 e. The van der Waals surface area contributed by atoms with E-state index in [1.165, 1.54) is 5.56 Å². The van der Waals surface area contributed by atoms with Crippen molar-refractivity contribution in [1.29, 1.82) is 5.26 Å². The number of nitriles is 1. The van der Waals surface area contributed by atoms with Crippen LogP contribution in [0.15, 0.2) is 24.3 Å². The van der Waals surface area contributed by atoms with Crippen molar-refractivity contribution in [2.75, 3.05) is 11.4 Å². The molecule has 2 rings (SSSR count). The molecular formula is C14H16N2O. The Morgan fingerprint density at radius 3 is 2.94 bits per heavy atom. The summed E-state index contributed by atoms with van der Waals surface area (Å²) in [6.45, 7) is 2.34. The van der Waals surface area contributed by atoms with Gasteiger partial charge in [0.1, 0.15) is 0 Å². The number of benzene rings is 1. The van der Waals surface area contributed by atoms with Crippen LogP contribution in [0, 0.1) is 17.2 Å². The van der Waals surface area contributed by atoms with E-state index >= 15 is 0 Å².